The van der Waals surface area contributed by atoms with Crippen molar-refractivity contribution in [1.82, 2.24) is 0 Å². The Morgan fingerprint density at radius 2 is 0.479 bits per heavy atom. The van der Waals surface area contributed by atoms with Gasteiger partial charge in [-0.05, 0) is 43.4 Å². The van der Waals surface area contributed by atoms with Crippen LogP contribution in [0.4, 0.5) is 0 Å². The molecule has 0 amide bonds. The van der Waals surface area contributed by atoms with Crippen LogP contribution in [0.25, 0.3) is 0 Å². The van der Waals surface area contributed by atoms with E-state index in [-0.39, 0.29) is 25.7 Å². The first-order chi connectivity index (χ1) is 46.2. The van der Waals surface area contributed by atoms with Crippen molar-refractivity contribution in [3.8, 4) is 0 Å². The molecule has 0 saturated heterocycles. The number of hydrogen-bond donors (Lipinski definition) is 3. The lowest BCUT2D eigenvalue weighted by Crippen LogP contribution is -2.30. The van der Waals surface area contributed by atoms with E-state index in [2.05, 4.69) is 48.5 Å². The van der Waals surface area contributed by atoms with E-state index < -0.39 is 97.5 Å². The number of hydrogen-bond acceptors (Lipinski definition) is 15. The normalized spacial score (nSPS) is 14.1. The van der Waals surface area contributed by atoms with Gasteiger partial charge in [0.2, 0.25) is 0 Å². The van der Waals surface area contributed by atoms with Gasteiger partial charge in [-0.1, -0.05) is 344 Å². The zero-order valence-corrected chi connectivity index (χ0v) is 64.6. The fourth-order valence-electron chi connectivity index (χ4n) is 11.8. The second-order valence-corrected chi connectivity index (χ2v) is 32.1. The first kappa shape index (κ1) is 94.1. The number of carbonyl (C=O) groups excluding carboxylic acids is 4. The van der Waals surface area contributed by atoms with Gasteiger partial charge < -0.3 is 33.8 Å². The third-order valence-corrected chi connectivity index (χ3v) is 19.8. The summed E-state index contributed by atoms with van der Waals surface area (Å²) >= 11 is 0. The molecule has 19 heteroatoms. The molecule has 0 bridgehead atoms. The van der Waals surface area contributed by atoms with Crippen molar-refractivity contribution in [1.29, 1.82) is 0 Å². The van der Waals surface area contributed by atoms with E-state index >= 15 is 0 Å². The minimum absolute atomic E-state index is 0.106. The number of aliphatic hydroxyl groups is 1. The lowest BCUT2D eigenvalue weighted by atomic mass is 10.0. The van der Waals surface area contributed by atoms with E-state index in [1.807, 2.05) is 0 Å². The summed E-state index contributed by atoms with van der Waals surface area (Å²) in [5, 5.41) is 10.6. The fraction of sp³-hybridized carbons (Fsp3) is 0.948. The standard InChI is InChI=1S/C77H150O17P2/c1-8-9-10-11-12-13-14-25-31-38-46-53-60-76(81)94-73(65-88-75(80)59-52-45-40-33-36-43-50-57-70(6)7)67-92-96(85,86)90-63-71(78)62-89-95(83,84)91-66-72(64-87-74(79)58-51-44-37-30-26-22-18-20-24-29-35-42-49-56-69(4)5)93-77(82)61-54-47-39-32-27-21-17-15-16-19-23-28-34-41-48-55-68(2)3/h68-73,78H,8-67H2,1-7H3,(H,83,84)(H,85,86)/t71-,72-,73-/m1/s1. The molecule has 0 rings (SSSR count). The van der Waals surface area contributed by atoms with Crippen LogP contribution < -0.4 is 0 Å². The molecule has 2 unspecified atom stereocenters. The zero-order valence-electron chi connectivity index (χ0n) is 62.8. The summed E-state index contributed by atoms with van der Waals surface area (Å²) in [7, 11) is -9.91. The zero-order chi connectivity index (χ0) is 70.9. The summed E-state index contributed by atoms with van der Waals surface area (Å²) in [6.45, 7) is 11.9. The first-order valence-corrected chi connectivity index (χ1v) is 42.8. The number of esters is 4. The molecule has 17 nitrogen and oxygen atoms in total. The van der Waals surface area contributed by atoms with E-state index in [1.165, 1.54) is 199 Å². The summed E-state index contributed by atoms with van der Waals surface area (Å²) in [6.07, 6.45) is 54.1. The van der Waals surface area contributed by atoms with Gasteiger partial charge in [0.15, 0.2) is 12.2 Å². The fourth-order valence-corrected chi connectivity index (χ4v) is 13.4. The number of ether oxygens (including phenoxy) is 4. The van der Waals surface area contributed by atoms with Gasteiger partial charge >= 0.3 is 39.5 Å². The Labute approximate surface area is 588 Å². The number of phosphoric acid groups is 2. The van der Waals surface area contributed by atoms with Gasteiger partial charge in [-0.3, -0.25) is 37.3 Å². The number of rotatable bonds is 75. The predicted octanol–water partition coefficient (Wildman–Crippen LogP) is 22.6. The Morgan fingerprint density at radius 3 is 0.708 bits per heavy atom. The van der Waals surface area contributed by atoms with E-state index in [9.17, 15) is 43.2 Å². The third kappa shape index (κ3) is 70.5. The molecule has 0 aromatic rings. The molecule has 3 N–H and O–H groups in total. The number of aliphatic hydroxyl groups excluding tert-OH is 1. The van der Waals surface area contributed by atoms with Crippen molar-refractivity contribution < 1.29 is 80.2 Å². The molecule has 96 heavy (non-hydrogen) atoms. The van der Waals surface area contributed by atoms with Gasteiger partial charge in [-0.25, -0.2) is 9.13 Å². The van der Waals surface area contributed by atoms with Gasteiger partial charge in [-0.2, -0.15) is 0 Å². The van der Waals surface area contributed by atoms with Crippen LogP contribution in [-0.4, -0.2) is 96.7 Å². The maximum absolute atomic E-state index is 13.1. The van der Waals surface area contributed by atoms with Gasteiger partial charge in [0.25, 0.3) is 0 Å². The van der Waals surface area contributed by atoms with Crippen LogP contribution in [0, 0.1) is 17.8 Å². The summed E-state index contributed by atoms with van der Waals surface area (Å²) in [5.41, 5.74) is 0. The van der Waals surface area contributed by atoms with Crippen LogP contribution in [0.5, 0.6) is 0 Å². The molecule has 0 aliphatic carbocycles. The molecule has 0 saturated carbocycles. The highest BCUT2D eigenvalue weighted by atomic mass is 31.2. The predicted molar refractivity (Wildman–Crippen MR) is 391 cm³/mol. The highest BCUT2D eigenvalue weighted by Gasteiger charge is 2.30. The molecule has 570 valence electrons. The van der Waals surface area contributed by atoms with Gasteiger partial charge in [0.05, 0.1) is 26.4 Å². The number of phosphoric ester groups is 2. The molecule has 0 aliphatic heterocycles. The van der Waals surface area contributed by atoms with Crippen molar-refractivity contribution in [3.63, 3.8) is 0 Å². The van der Waals surface area contributed by atoms with Crippen LogP contribution in [-0.2, 0) is 65.4 Å². The molecule has 0 radical (unpaired) electrons. The molecule has 0 aliphatic rings. The Balaban J connectivity index is 5.24. The lowest BCUT2D eigenvalue weighted by molar-refractivity contribution is -0.161. The highest BCUT2D eigenvalue weighted by Crippen LogP contribution is 2.45. The Morgan fingerprint density at radius 1 is 0.281 bits per heavy atom. The SMILES string of the molecule is CCCCCCCCCCCCCCC(=O)O[C@H](COC(=O)CCCCCCCCCC(C)C)COP(=O)(O)OC[C@H](O)COP(=O)(O)OC[C@@H](COC(=O)CCCCCCCCCCCCCCCC(C)C)OC(=O)CCCCCCCCCCCCCCCCCC(C)C. The maximum Gasteiger partial charge on any atom is 0.472 e. The number of carbonyl (C=O) groups is 4. The van der Waals surface area contributed by atoms with Crippen LogP contribution in [0.1, 0.15) is 395 Å². The van der Waals surface area contributed by atoms with Crippen molar-refractivity contribution in [2.45, 2.75) is 414 Å². The minimum atomic E-state index is -4.96. The molecular weight excluding hydrogens is 1260 g/mol. The van der Waals surface area contributed by atoms with Crippen molar-refractivity contribution in [2.75, 3.05) is 39.6 Å². The molecular formula is C77H150O17P2. The second kappa shape index (κ2) is 67.5. The van der Waals surface area contributed by atoms with Crippen molar-refractivity contribution in [2.24, 2.45) is 17.8 Å². The largest absolute Gasteiger partial charge is 0.472 e. The number of unbranched alkanes of at least 4 members (excludes halogenated alkanes) is 43. The Kier molecular flexibility index (Phi) is 66.2. The van der Waals surface area contributed by atoms with Gasteiger partial charge in [0.1, 0.15) is 19.3 Å². The van der Waals surface area contributed by atoms with Crippen molar-refractivity contribution >= 4 is 39.5 Å². The monoisotopic (exact) mass is 1410 g/mol. The Bertz CT molecular complexity index is 1870. The van der Waals surface area contributed by atoms with E-state index in [0.717, 1.165) is 108 Å². The Hall–Kier alpha value is -1.94. The van der Waals surface area contributed by atoms with Crippen molar-refractivity contribution in [3.05, 3.63) is 0 Å². The lowest BCUT2D eigenvalue weighted by Gasteiger charge is -2.21. The molecule has 0 heterocycles. The summed E-state index contributed by atoms with van der Waals surface area (Å²) in [5.74, 6) is 0.183. The van der Waals surface area contributed by atoms with E-state index in [1.54, 1.807) is 0 Å². The van der Waals surface area contributed by atoms with Crippen LogP contribution in [0.15, 0.2) is 0 Å². The minimum Gasteiger partial charge on any atom is -0.462 e. The molecule has 0 spiro atoms. The molecule has 0 aromatic heterocycles. The third-order valence-electron chi connectivity index (χ3n) is 17.9. The second-order valence-electron chi connectivity index (χ2n) is 29.2. The van der Waals surface area contributed by atoms with Gasteiger partial charge in [0, 0.05) is 25.7 Å². The van der Waals surface area contributed by atoms with E-state index in [0.29, 0.717) is 31.6 Å². The maximum atomic E-state index is 13.1. The summed E-state index contributed by atoms with van der Waals surface area (Å²) < 4.78 is 68.5. The summed E-state index contributed by atoms with van der Waals surface area (Å²) in [6, 6.07) is 0. The molecule has 0 fully saturated rings. The smallest absolute Gasteiger partial charge is 0.462 e. The van der Waals surface area contributed by atoms with Gasteiger partial charge in [-0.15, -0.1) is 0 Å². The quantitative estimate of drug-likeness (QED) is 0.0222. The topological polar surface area (TPSA) is 237 Å². The van der Waals surface area contributed by atoms with Crippen LogP contribution in [0.2, 0.25) is 0 Å². The molecule has 5 atom stereocenters. The van der Waals surface area contributed by atoms with Crippen LogP contribution in [0.3, 0.4) is 0 Å². The molecule has 0 aromatic carbocycles. The van der Waals surface area contributed by atoms with E-state index in [4.69, 9.17) is 37.0 Å². The average Bonchev–Trinajstić information content (AvgIpc) is 2.89. The summed E-state index contributed by atoms with van der Waals surface area (Å²) in [4.78, 5) is 72.8. The van der Waals surface area contributed by atoms with Crippen LogP contribution >= 0.6 is 15.6 Å². The first-order valence-electron chi connectivity index (χ1n) is 39.8. The average molecular weight is 1410 g/mol. The highest BCUT2D eigenvalue weighted by molar-refractivity contribution is 7.47.